The Morgan fingerprint density at radius 1 is 1.12 bits per heavy atom. The van der Waals surface area contributed by atoms with E-state index in [1.54, 1.807) is 30.3 Å². The lowest BCUT2D eigenvalue weighted by Crippen LogP contribution is -2.29. The zero-order valence-corrected chi connectivity index (χ0v) is 15.8. The van der Waals surface area contributed by atoms with Gasteiger partial charge in [0.25, 0.3) is 15.7 Å². The van der Waals surface area contributed by atoms with Crippen molar-refractivity contribution < 1.29 is 22.9 Å². The first kappa shape index (κ1) is 19.6. The summed E-state index contributed by atoms with van der Waals surface area (Å²) in [4.78, 5) is 21.8. The summed E-state index contributed by atoms with van der Waals surface area (Å²) in [5.74, 6) is -0.956. The summed E-state index contributed by atoms with van der Waals surface area (Å²) in [5.41, 5.74) is -0.505. The molecule has 0 radical (unpaired) electrons. The molecule has 0 aliphatic rings. The van der Waals surface area contributed by atoms with Crippen LogP contribution in [0.3, 0.4) is 0 Å². The number of benzene rings is 2. The van der Waals surface area contributed by atoms with Crippen molar-refractivity contribution in [1.29, 1.82) is 0 Å². The zero-order chi connectivity index (χ0) is 19.3. The van der Waals surface area contributed by atoms with Crippen molar-refractivity contribution >= 4 is 42.1 Å². The first-order chi connectivity index (χ1) is 12.3. The summed E-state index contributed by atoms with van der Waals surface area (Å²) in [6, 6.07) is 13.2. The van der Waals surface area contributed by atoms with Crippen LogP contribution < -0.4 is 4.72 Å². The maximum Gasteiger partial charge on any atom is 0.356 e. The summed E-state index contributed by atoms with van der Waals surface area (Å²) in [6.07, 6.45) is 0. The minimum absolute atomic E-state index is 0.132. The second-order valence-electron chi connectivity index (χ2n) is 4.88. The fourth-order valence-corrected chi connectivity index (χ4v) is 3.93. The highest BCUT2D eigenvalue weighted by Gasteiger charge is 2.29. The Bertz CT molecular complexity index is 973. The molecule has 26 heavy (non-hydrogen) atoms. The summed E-state index contributed by atoms with van der Waals surface area (Å²) in [6.45, 7) is 0. The lowest BCUT2D eigenvalue weighted by Gasteiger charge is -2.13. The van der Waals surface area contributed by atoms with Crippen LogP contribution in [0.2, 0.25) is 0 Å². The topological polar surface area (TPSA) is 116 Å². The van der Waals surface area contributed by atoms with E-state index in [4.69, 9.17) is 0 Å². The Morgan fingerprint density at radius 3 is 2.27 bits per heavy atom. The van der Waals surface area contributed by atoms with Crippen LogP contribution in [0.1, 0.15) is 5.56 Å². The van der Waals surface area contributed by atoms with E-state index in [0.29, 0.717) is 5.56 Å². The third-order valence-corrected chi connectivity index (χ3v) is 5.48. The molecule has 0 amide bonds. The van der Waals surface area contributed by atoms with Crippen molar-refractivity contribution in [3.05, 3.63) is 76.0 Å². The van der Waals surface area contributed by atoms with Gasteiger partial charge in [0.1, 0.15) is 5.70 Å². The van der Waals surface area contributed by atoms with Gasteiger partial charge >= 0.3 is 5.97 Å². The number of nitrogens with zero attached hydrogens (tertiary/aromatic N) is 1. The summed E-state index contributed by atoms with van der Waals surface area (Å²) in [7, 11) is -3.33. The molecule has 0 heterocycles. The largest absolute Gasteiger partial charge is 0.464 e. The number of rotatable bonds is 6. The molecule has 0 saturated carbocycles. The van der Waals surface area contributed by atoms with Crippen molar-refractivity contribution in [3.63, 3.8) is 0 Å². The minimum Gasteiger partial charge on any atom is -0.464 e. The summed E-state index contributed by atoms with van der Waals surface area (Å²) >= 11 is 3.18. The van der Waals surface area contributed by atoms with Crippen LogP contribution >= 0.6 is 15.9 Å². The molecule has 0 saturated heterocycles. The summed E-state index contributed by atoms with van der Waals surface area (Å²) in [5, 5.41) is 11.1. The normalized spacial score (nSPS) is 12.1. The highest BCUT2D eigenvalue weighted by molar-refractivity contribution is 9.15. The number of methoxy groups -OCH3 is 1. The van der Waals surface area contributed by atoms with E-state index in [9.17, 15) is 23.3 Å². The van der Waals surface area contributed by atoms with E-state index in [2.05, 4.69) is 25.4 Å². The quantitative estimate of drug-likeness (QED) is 0.319. The standard InChI is InChI=1S/C16H13BrN2O6S/c1-25-16(20)15(14(17)11-7-3-2-4-8-11)18-26(23,24)13-10-6-5-9-12(13)19(21)22/h2-10,18H,1H3/b15-14-. The van der Waals surface area contributed by atoms with Crippen molar-refractivity contribution in [3.8, 4) is 0 Å². The molecule has 2 aromatic carbocycles. The molecule has 136 valence electrons. The molecule has 2 aromatic rings. The molecule has 0 unspecified atom stereocenters. The van der Waals surface area contributed by atoms with Crippen molar-refractivity contribution in [1.82, 2.24) is 4.72 Å². The van der Waals surface area contributed by atoms with Crippen molar-refractivity contribution in [2.24, 2.45) is 0 Å². The average molecular weight is 441 g/mol. The van der Waals surface area contributed by atoms with Gasteiger partial charge in [-0.05, 0) is 27.6 Å². The number of carbonyl (C=O) groups excluding carboxylic acids is 1. The number of hydrogen-bond acceptors (Lipinski definition) is 6. The first-order valence-corrected chi connectivity index (χ1v) is 9.35. The summed E-state index contributed by atoms with van der Waals surface area (Å²) < 4.78 is 32.1. The fraction of sp³-hybridized carbons (Fsp3) is 0.0625. The van der Waals surface area contributed by atoms with Crippen LogP contribution in [0.15, 0.2) is 65.2 Å². The Labute approximate surface area is 157 Å². The number of ether oxygens (including phenoxy) is 1. The Kier molecular flexibility index (Phi) is 6.11. The molecule has 1 N–H and O–H groups in total. The molecule has 8 nitrogen and oxygen atoms in total. The molecule has 0 spiro atoms. The Morgan fingerprint density at radius 2 is 1.69 bits per heavy atom. The van der Waals surface area contributed by atoms with Crippen LogP contribution in [0.5, 0.6) is 0 Å². The number of carbonyl (C=O) groups is 1. The van der Waals surface area contributed by atoms with Gasteiger partial charge in [0.2, 0.25) is 0 Å². The van der Waals surface area contributed by atoms with Gasteiger partial charge in [0.05, 0.1) is 16.5 Å². The predicted molar refractivity (Wildman–Crippen MR) is 97.7 cm³/mol. The molecule has 2 rings (SSSR count). The molecule has 0 aromatic heterocycles. The second kappa shape index (κ2) is 8.11. The van der Waals surface area contributed by atoms with Gasteiger partial charge in [-0.25, -0.2) is 13.2 Å². The van der Waals surface area contributed by atoms with Crippen LogP contribution in [0.4, 0.5) is 5.69 Å². The molecule has 10 heteroatoms. The monoisotopic (exact) mass is 440 g/mol. The van der Waals surface area contributed by atoms with E-state index >= 15 is 0 Å². The van der Waals surface area contributed by atoms with Gasteiger partial charge in [0.15, 0.2) is 4.90 Å². The number of nitrogens with one attached hydrogen (secondary N) is 1. The smallest absolute Gasteiger partial charge is 0.356 e. The van der Waals surface area contributed by atoms with Gasteiger partial charge in [-0.15, -0.1) is 0 Å². The molecule has 0 atom stereocenters. The predicted octanol–water partition coefficient (Wildman–Crippen LogP) is 2.81. The first-order valence-electron chi connectivity index (χ1n) is 7.07. The van der Waals surface area contributed by atoms with Gasteiger partial charge in [-0.3, -0.25) is 14.8 Å². The van der Waals surface area contributed by atoms with Crippen LogP contribution in [-0.2, 0) is 19.6 Å². The molecule has 0 aliphatic heterocycles. The number of halogens is 1. The number of sulfonamides is 1. The minimum atomic E-state index is -4.42. The van der Waals surface area contributed by atoms with E-state index in [-0.39, 0.29) is 4.48 Å². The Balaban J connectivity index is 2.57. The number of esters is 1. The van der Waals surface area contributed by atoms with E-state index < -0.39 is 37.2 Å². The van der Waals surface area contributed by atoms with Crippen molar-refractivity contribution in [2.45, 2.75) is 4.90 Å². The van der Waals surface area contributed by atoms with Gasteiger partial charge in [-0.2, -0.15) is 0 Å². The van der Waals surface area contributed by atoms with Gasteiger partial charge in [0, 0.05) is 6.07 Å². The fourth-order valence-electron chi connectivity index (χ4n) is 2.03. The zero-order valence-electron chi connectivity index (χ0n) is 13.4. The molecule has 0 bridgehead atoms. The lowest BCUT2D eigenvalue weighted by molar-refractivity contribution is -0.387. The van der Waals surface area contributed by atoms with Gasteiger partial charge < -0.3 is 4.74 Å². The van der Waals surface area contributed by atoms with Crippen LogP contribution in [0, 0.1) is 10.1 Å². The van der Waals surface area contributed by atoms with Gasteiger partial charge in [-0.1, -0.05) is 42.5 Å². The molecule has 0 fully saturated rings. The number of para-hydroxylation sites is 1. The van der Waals surface area contributed by atoms with Crippen molar-refractivity contribution in [2.75, 3.05) is 7.11 Å². The average Bonchev–Trinajstić information content (AvgIpc) is 2.65. The maximum atomic E-state index is 12.6. The number of nitro benzene ring substituents is 1. The number of nitro groups is 1. The SMILES string of the molecule is COC(=O)/C(NS(=O)(=O)c1ccccc1[N+](=O)[O-])=C(/Br)c1ccccc1. The van der Waals surface area contributed by atoms with Crippen LogP contribution in [-0.4, -0.2) is 26.4 Å². The van der Waals surface area contributed by atoms with E-state index in [1.807, 2.05) is 0 Å². The highest BCUT2D eigenvalue weighted by Crippen LogP contribution is 2.28. The van der Waals surface area contributed by atoms with Crippen LogP contribution in [0.25, 0.3) is 4.48 Å². The lowest BCUT2D eigenvalue weighted by atomic mass is 10.2. The Hall–Kier alpha value is -2.72. The molecular formula is C16H13BrN2O6S. The molecular weight excluding hydrogens is 428 g/mol. The third-order valence-electron chi connectivity index (χ3n) is 3.22. The van der Waals surface area contributed by atoms with E-state index in [0.717, 1.165) is 19.2 Å². The molecule has 0 aliphatic carbocycles. The maximum absolute atomic E-state index is 12.6. The third kappa shape index (κ3) is 4.27. The second-order valence-corrected chi connectivity index (χ2v) is 7.32. The number of hydrogen-bond donors (Lipinski definition) is 1. The highest BCUT2D eigenvalue weighted by atomic mass is 79.9. The van der Waals surface area contributed by atoms with E-state index in [1.165, 1.54) is 12.1 Å².